The number of aliphatic hydroxyl groups excluding tert-OH is 1. The van der Waals surface area contributed by atoms with Gasteiger partial charge >= 0.3 is 0 Å². The predicted molar refractivity (Wildman–Crippen MR) is 73.9 cm³/mol. The number of hydrogen-bond donors (Lipinski definition) is 2. The SMILES string of the molecule is CC(CCN(C)C)NCC(O)CN1CCOCC1. The van der Waals surface area contributed by atoms with Gasteiger partial charge in [-0.3, -0.25) is 4.90 Å². The zero-order valence-corrected chi connectivity index (χ0v) is 12.1. The van der Waals surface area contributed by atoms with E-state index in [9.17, 15) is 5.11 Å². The Morgan fingerprint density at radius 1 is 1.33 bits per heavy atom. The first-order valence-corrected chi connectivity index (χ1v) is 6.94. The summed E-state index contributed by atoms with van der Waals surface area (Å²) in [6.45, 7) is 8.13. The van der Waals surface area contributed by atoms with Crippen molar-refractivity contribution >= 4 is 0 Å². The molecule has 0 radical (unpaired) electrons. The van der Waals surface area contributed by atoms with Gasteiger partial charge in [0.25, 0.3) is 0 Å². The van der Waals surface area contributed by atoms with Gasteiger partial charge in [-0.1, -0.05) is 0 Å². The number of ether oxygens (including phenoxy) is 1. The summed E-state index contributed by atoms with van der Waals surface area (Å²) in [6, 6.07) is 0.451. The van der Waals surface area contributed by atoms with Gasteiger partial charge in [-0.05, 0) is 34.0 Å². The first-order chi connectivity index (χ1) is 8.58. The van der Waals surface area contributed by atoms with Gasteiger partial charge in [0.2, 0.25) is 0 Å². The fraction of sp³-hybridized carbons (Fsp3) is 1.00. The molecule has 0 aromatic heterocycles. The highest BCUT2D eigenvalue weighted by molar-refractivity contribution is 4.71. The van der Waals surface area contributed by atoms with E-state index >= 15 is 0 Å². The molecule has 1 heterocycles. The predicted octanol–water partition coefficient (Wildman–Crippen LogP) is -0.391. The summed E-state index contributed by atoms with van der Waals surface area (Å²) >= 11 is 0. The molecule has 2 atom stereocenters. The molecule has 1 fully saturated rings. The Morgan fingerprint density at radius 2 is 2.00 bits per heavy atom. The van der Waals surface area contributed by atoms with Crippen LogP contribution in [0.25, 0.3) is 0 Å². The van der Waals surface area contributed by atoms with Crippen LogP contribution >= 0.6 is 0 Å². The number of hydrogen-bond acceptors (Lipinski definition) is 5. The van der Waals surface area contributed by atoms with Gasteiger partial charge in [-0.25, -0.2) is 0 Å². The van der Waals surface area contributed by atoms with Crippen molar-refractivity contribution in [3.05, 3.63) is 0 Å². The van der Waals surface area contributed by atoms with E-state index < -0.39 is 0 Å². The Bertz CT molecular complexity index is 208. The van der Waals surface area contributed by atoms with Crippen LogP contribution in [0.15, 0.2) is 0 Å². The second-order valence-corrected chi connectivity index (χ2v) is 5.47. The van der Waals surface area contributed by atoms with E-state index in [0.717, 1.165) is 45.8 Å². The zero-order valence-electron chi connectivity index (χ0n) is 12.1. The van der Waals surface area contributed by atoms with Gasteiger partial charge in [-0.15, -0.1) is 0 Å². The molecule has 0 aromatic carbocycles. The quantitative estimate of drug-likeness (QED) is 0.622. The molecule has 108 valence electrons. The van der Waals surface area contributed by atoms with Gasteiger partial charge in [0, 0.05) is 32.2 Å². The summed E-state index contributed by atoms with van der Waals surface area (Å²) in [7, 11) is 4.17. The highest BCUT2D eigenvalue weighted by Crippen LogP contribution is 1.99. The monoisotopic (exact) mass is 259 g/mol. The van der Waals surface area contributed by atoms with Crippen LogP contribution in [0.5, 0.6) is 0 Å². The van der Waals surface area contributed by atoms with Gasteiger partial charge in [0.1, 0.15) is 0 Å². The number of rotatable bonds is 8. The molecule has 1 rings (SSSR count). The third-order valence-corrected chi connectivity index (χ3v) is 3.28. The summed E-state index contributed by atoms with van der Waals surface area (Å²) in [5, 5.41) is 13.4. The minimum absolute atomic E-state index is 0.287. The van der Waals surface area contributed by atoms with Crippen molar-refractivity contribution in [1.82, 2.24) is 15.1 Å². The second-order valence-electron chi connectivity index (χ2n) is 5.47. The van der Waals surface area contributed by atoms with Crippen molar-refractivity contribution in [2.45, 2.75) is 25.5 Å². The van der Waals surface area contributed by atoms with E-state index in [2.05, 4.69) is 36.1 Å². The van der Waals surface area contributed by atoms with Crippen LogP contribution in [-0.2, 0) is 4.74 Å². The lowest BCUT2D eigenvalue weighted by Crippen LogP contribution is -2.45. The summed E-state index contributed by atoms with van der Waals surface area (Å²) in [5.41, 5.74) is 0. The Labute approximate surface area is 111 Å². The Balaban J connectivity index is 2.06. The topological polar surface area (TPSA) is 48.0 Å². The third-order valence-electron chi connectivity index (χ3n) is 3.28. The number of morpholine rings is 1. The van der Waals surface area contributed by atoms with Crippen molar-refractivity contribution < 1.29 is 9.84 Å². The summed E-state index contributed by atoms with van der Waals surface area (Å²) in [6.07, 6.45) is 0.821. The smallest absolute Gasteiger partial charge is 0.0791 e. The van der Waals surface area contributed by atoms with E-state index in [1.165, 1.54) is 0 Å². The Morgan fingerprint density at radius 3 is 2.61 bits per heavy atom. The fourth-order valence-electron chi connectivity index (χ4n) is 2.04. The van der Waals surface area contributed by atoms with E-state index in [1.54, 1.807) is 0 Å². The molecule has 5 nitrogen and oxygen atoms in total. The molecular formula is C13H29N3O2. The summed E-state index contributed by atoms with van der Waals surface area (Å²) in [5.74, 6) is 0. The first kappa shape index (κ1) is 15.9. The van der Waals surface area contributed by atoms with E-state index in [0.29, 0.717) is 12.6 Å². The van der Waals surface area contributed by atoms with E-state index in [4.69, 9.17) is 4.74 Å². The van der Waals surface area contributed by atoms with Crippen LogP contribution in [0, 0.1) is 0 Å². The molecule has 0 spiro atoms. The lowest BCUT2D eigenvalue weighted by molar-refractivity contribution is 0.0145. The highest BCUT2D eigenvalue weighted by Gasteiger charge is 2.15. The second kappa shape index (κ2) is 8.82. The summed E-state index contributed by atoms with van der Waals surface area (Å²) < 4.78 is 5.29. The molecule has 0 bridgehead atoms. The Hall–Kier alpha value is -0.200. The van der Waals surface area contributed by atoms with Crippen LogP contribution in [0.3, 0.4) is 0 Å². The molecule has 0 aliphatic carbocycles. The molecule has 0 amide bonds. The molecule has 5 heteroatoms. The molecule has 1 aliphatic rings. The summed E-state index contributed by atoms with van der Waals surface area (Å²) in [4.78, 5) is 4.45. The van der Waals surface area contributed by atoms with Gasteiger partial charge < -0.3 is 20.1 Å². The molecular weight excluding hydrogens is 230 g/mol. The fourth-order valence-corrected chi connectivity index (χ4v) is 2.04. The zero-order chi connectivity index (χ0) is 13.4. The van der Waals surface area contributed by atoms with Gasteiger partial charge in [0.15, 0.2) is 0 Å². The molecule has 2 unspecified atom stereocenters. The molecule has 0 saturated carbocycles. The van der Waals surface area contributed by atoms with Crippen molar-refractivity contribution in [3.8, 4) is 0 Å². The maximum absolute atomic E-state index is 9.97. The molecule has 0 aromatic rings. The lowest BCUT2D eigenvalue weighted by atomic mass is 10.2. The average Bonchev–Trinajstić information content (AvgIpc) is 2.35. The normalized spacial score (nSPS) is 21.2. The van der Waals surface area contributed by atoms with Crippen LogP contribution in [-0.4, -0.2) is 87.1 Å². The molecule has 2 N–H and O–H groups in total. The average molecular weight is 259 g/mol. The van der Waals surface area contributed by atoms with Crippen LogP contribution in [0.4, 0.5) is 0 Å². The maximum atomic E-state index is 9.97. The van der Waals surface area contributed by atoms with Crippen LogP contribution in [0.1, 0.15) is 13.3 Å². The molecule has 18 heavy (non-hydrogen) atoms. The van der Waals surface area contributed by atoms with Gasteiger partial charge in [-0.2, -0.15) is 0 Å². The lowest BCUT2D eigenvalue weighted by Gasteiger charge is -2.29. The Kier molecular flexibility index (Phi) is 7.77. The number of nitrogens with zero attached hydrogens (tertiary/aromatic N) is 2. The van der Waals surface area contributed by atoms with Crippen molar-refractivity contribution in [3.63, 3.8) is 0 Å². The molecule has 1 aliphatic heterocycles. The number of nitrogens with one attached hydrogen (secondary N) is 1. The minimum Gasteiger partial charge on any atom is -0.390 e. The van der Waals surface area contributed by atoms with E-state index in [-0.39, 0.29) is 6.10 Å². The van der Waals surface area contributed by atoms with Crippen molar-refractivity contribution in [2.75, 3.05) is 60.0 Å². The molecule has 1 saturated heterocycles. The third kappa shape index (κ3) is 7.28. The van der Waals surface area contributed by atoms with Crippen molar-refractivity contribution in [2.24, 2.45) is 0 Å². The number of aliphatic hydroxyl groups is 1. The van der Waals surface area contributed by atoms with Gasteiger partial charge in [0.05, 0.1) is 19.3 Å². The van der Waals surface area contributed by atoms with Crippen LogP contribution < -0.4 is 5.32 Å². The largest absolute Gasteiger partial charge is 0.390 e. The van der Waals surface area contributed by atoms with E-state index in [1.807, 2.05) is 0 Å². The van der Waals surface area contributed by atoms with Crippen LogP contribution in [0.2, 0.25) is 0 Å². The van der Waals surface area contributed by atoms with Crippen molar-refractivity contribution in [1.29, 1.82) is 0 Å². The first-order valence-electron chi connectivity index (χ1n) is 6.94. The minimum atomic E-state index is -0.287. The highest BCUT2D eigenvalue weighted by atomic mass is 16.5. The maximum Gasteiger partial charge on any atom is 0.0791 e. The number of β-amino-alcohol motifs (C(OH)–C–C–N with tert-alkyl or cyclic N) is 1. The standard InChI is InChI=1S/C13H29N3O2/c1-12(4-5-15(2)3)14-10-13(17)11-16-6-8-18-9-7-16/h12-14,17H,4-11H2,1-3H3.